The van der Waals surface area contributed by atoms with Crippen LogP contribution in [-0.2, 0) is 24.3 Å². The third kappa shape index (κ3) is 6.47. The van der Waals surface area contributed by atoms with Crippen molar-refractivity contribution >= 4 is 5.91 Å². The summed E-state index contributed by atoms with van der Waals surface area (Å²) in [4.78, 5) is 17.2. The van der Waals surface area contributed by atoms with Crippen molar-refractivity contribution in [2.24, 2.45) is 0 Å². The normalized spacial score (nSPS) is 15.0. The molecule has 162 valence electrons. The van der Waals surface area contributed by atoms with Gasteiger partial charge >= 0.3 is 0 Å². The molecular weight excluding hydrogens is 378 g/mol. The van der Waals surface area contributed by atoms with E-state index in [2.05, 4.69) is 46.4 Å². The molecule has 1 aliphatic rings. The third-order valence-corrected chi connectivity index (χ3v) is 5.57. The van der Waals surface area contributed by atoms with E-state index in [0.29, 0.717) is 30.9 Å². The Morgan fingerprint density at radius 2 is 1.67 bits per heavy atom. The molecule has 0 unspecified atom stereocenters. The molecule has 1 amide bonds. The van der Waals surface area contributed by atoms with Crippen LogP contribution in [0, 0.1) is 0 Å². The largest absolute Gasteiger partial charge is 0.493 e. The number of amides is 1. The van der Waals surface area contributed by atoms with Crippen LogP contribution >= 0.6 is 0 Å². The van der Waals surface area contributed by atoms with Gasteiger partial charge in [0.25, 0.3) is 0 Å². The molecule has 1 aliphatic heterocycles. The Kier molecular flexibility index (Phi) is 8.11. The summed E-state index contributed by atoms with van der Waals surface area (Å²) in [6, 6.07) is 14.3. The van der Waals surface area contributed by atoms with Crippen molar-refractivity contribution in [1.29, 1.82) is 0 Å². The number of hydrogen-bond donors (Lipinski definition) is 1. The topological polar surface area (TPSA) is 54.0 Å². The molecule has 3 rings (SSSR count). The summed E-state index contributed by atoms with van der Waals surface area (Å²) >= 11 is 0. The highest BCUT2D eigenvalue weighted by Crippen LogP contribution is 2.27. The van der Waals surface area contributed by atoms with Crippen LogP contribution in [0.25, 0.3) is 0 Å². The van der Waals surface area contributed by atoms with Crippen LogP contribution in [0.3, 0.4) is 0 Å². The van der Waals surface area contributed by atoms with Crippen LogP contribution in [-0.4, -0.2) is 63.2 Å². The van der Waals surface area contributed by atoms with E-state index in [1.165, 1.54) is 5.56 Å². The van der Waals surface area contributed by atoms with Crippen LogP contribution in [0.5, 0.6) is 11.5 Å². The number of ether oxygens (including phenoxy) is 2. The van der Waals surface area contributed by atoms with Gasteiger partial charge < -0.3 is 19.7 Å². The molecule has 0 spiro atoms. The van der Waals surface area contributed by atoms with Gasteiger partial charge in [0.15, 0.2) is 11.5 Å². The lowest BCUT2D eigenvalue weighted by atomic mass is 10.1. The fourth-order valence-electron chi connectivity index (χ4n) is 3.69. The summed E-state index contributed by atoms with van der Waals surface area (Å²) in [7, 11) is 5.41. The number of benzene rings is 2. The number of carbonyl (C=O) groups excluding carboxylic acids is 1. The third-order valence-electron chi connectivity index (χ3n) is 5.57. The molecule has 1 saturated heterocycles. The average Bonchev–Trinajstić information content (AvgIpc) is 2.78. The van der Waals surface area contributed by atoms with Crippen LogP contribution < -0.4 is 14.8 Å². The quantitative estimate of drug-likeness (QED) is 0.688. The van der Waals surface area contributed by atoms with E-state index in [1.807, 2.05) is 18.2 Å². The van der Waals surface area contributed by atoms with Crippen molar-refractivity contribution in [3.8, 4) is 11.5 Å². The van der Waals surface area contributed by atoms with Gasteiger partial charge in [-0.1, -0.05) is 30.3 Å². The molecule has 0 saturated carbocycles. The minimum Gasteiger partial charge on any atom is -0.493 e. The lowest BCUT2D eigenvalue weighted by Gasteiger charge is -2.32. The van der Waals surface area contributed by atoms with Gasteiger partial charge in [-0.25, -0.2) is 0 Å². The second kappa shape index (κ2) is 11.0. The van der Waals surface area contributed by atoms with E-state index in [4.69, 9.17) is 9.47 Å². The minimum atomic E-state index is 0.0502. The van der Waals surface area contributed by atoms with Gasteiger partial charge in [-0.2, -0.15) is 0 Å². The first kappa shape index (κ1) is 22.1. The van der Waals surface area contributed by atoms with Crippen molar-refractivity contribution in [2.45, 2.75) is 25.9 Å². The molecule has 6 heteroatoms. The molecule has 6 nitrogen and oxygen atoms in total. The smallest absolute Gasteiger partial charge is 0.220 e. The molecule has 0 aliphatic carbocycles. The van der Waals surface area contributed by atoms with E-state index < -0.39 is 0 Å². The van der Waals surface area contributed by atoms with Crippen LogP contribution in [0.2, 0.25) is 0 Å². The maximum absolute atomic E-state index is 12.3. The molecule has 2 aromatic carbocycles. The second-order valence-electron chi connectivity index (χ2n) is 7.87. The Morgan fingerprint density at radius 1 is 0.933 bits per heavy atom. The predicted molar refractivity (Wildman–Crippen MR) is 119 cm³/mol. The Labute approximate surface area is 179 Å². The number of nitrogens with zero attached hydrogens (tertiary/aromatic N) is 2. The summed E-state index contributed by atoms with van der Waals surface area (Å²) in [5, 5.41) is 3.04. The second-order valence-corrected chi connectivity index (χ2v) is 7.87. The number of piperazine rings is 1. The molecular formula is C24H33N3O3. The van der Waals surface area contributed by atoms with Gasteiger partial charge in [-0.3, -0.25) is 9.69 Å². The molecule has 1 fully saturated rings. The van der Waals surface area contributed by atoms with Gasteiger partial charge in [0.2, 0.25) is 5.91 Å². The highest BCUT2D eigenvalue weighted by atomic mass is 16.5. The van der Waals surface area contributed by atoms with Gasteiger partial charge in [0, 0.05) is 45.7 Å². The number of likely N-dealkylation sites (N-methyl/N-ethyl adjacent to an activating group) is 1. The molecule has 2 aromatic rings. The summed E-state index contributed by atoms with van der Waals surface area (Å²) in [5.74, 6) is 1.43. The molecule has 0 bridgehead atoms. The number of carbonyl (C=O) groups is 1. The Hall–Kier alpha value is -2.57. The fraction of sp³-hybridized carbons (Fsp3) is 0.458. The summed E-state index contributed by atoms with van der Waals surface area (Å²) < 4.78 is 10.6. The molecule has 0 atom stereocenters. The Bertz CT molecular complexity index is 832. The zero-order chi connectivity index (χ0) is 21.3. The highest BCUT2D eigenvalue weighted by molar-refractivity contribution is 5.76. The standard InChI is InChI=1S/C24H33N3O3/c1-26-11-13-27(14-12-26)18-21-6-4-5-20(15-21)17-25-24(28)10-8-19-7-9-22(29-2)23(16-19)30-3/h4-7,9,15-16H,8,10-14,17-18H2,1-3H3,(H,25,28). The van der Waals surface area contributed by atoms with Crippen molar-refractivity contribution in [2.75, 3.05) is 47.4 Å². The number of hydrogen-bond acceptors (Lipinski definition) is 5. The SMILES string of the molecule is COc1ccc(CCC(=O)NCc2cccc(CN3CCN(C)CC3)c2)cc1OC. The highest BCUT2D eigenvalue weighted by Gasteiger charge is 2.14. The van der Waals surface area contributed by atoms with E-state index >= 15 is 0 Å². The Balaban J connectivity index is 1.45. The van der Waals surface area contributed by atoms with E-state index in [0.717, 1.165) is 43.9 Å². The minimum absolute atomic E-state index is 0.0502. The maximum atomic E-state index is 12.3. The molecule has 30 heavy (non-hydrogen) atoms. The summed E-state index contributed by atoms with van der Waals surface area (Å²) in [6.07, 6.45) is 1.10. The number of aryl methyl sites for hydroxylation is 1. The van der Waals surface area contributed by atoms with Gasteiger partial charge in [0.05, 0.1) is 14.2 Å². The predicted octanol–water partition coefficient (Wildman–Crippen LogP) is 2.70. The number of methoxy groups -OCH3 is 2. The van der Waals surface area contributed by atoms with E-state index in [1.54, 1.807) is 14.2 Å². The maximum Gasteiger partial charge on any atom is 0.220 e. The van der Waals surface area contributed by atoms with E-state index in [9.17, 15) is 4.79 Å². The molecule has 1 heterocycles. The monoisotopic (exact) mass is 411 g/mol. The average molecular weight is 412 g/mol. The van der Waals surface area contributed by atoms with Crippen LogP contribution in [0.1, 0.15) is 23.1 Å². The van der Waals surface area contributed by atoms with Crippen LogP contribution in [0.4, 0.5) is 0 Å². The van der Waals surface area contributed by atoms with Crippen molar-refractivity contribution < 1.29 is 14.3 Å². The van der Waals surface area contributed by atoms with E-state index in [-0.39, 0.29) is 5.91 Å². The zero-order valence-corrected chi connectivity index (χ0v) is 18.3. The lowest BCUT2D eigenvalue weighted by Crippen LogP contribution is -2.43. The summed E-state index contributed by atoms with van der Waals surface area (Å²) in [6.45, 7) is 5.98. The molecule has 1 N–H and O–H groups in total. The van der Waals surface area contributed by atoms with Gasteiger partial charge in [0.1, 0.15) is 0 Å². The van der Waals surface area contributed by atoms with Gasteiger partial charge in [-0.15, -0.1) is 0 Å². The van der Waals surface area contributed by atoms with Gasteiger partial charge in [-0.05, 0) is 42.3 Å². The molecule has 0 aromatic heterocycles. The zero-order valence-electron chi connectivity index (χ0n) is 18.3. The van der Waals surface area contributed by atoms with Crippen LogP contribution in [0.15, 0.2) is 42.5 Å². The first-order valence-electron chi connectivity index (χ1n) is 10.5. The first-order chi connectivity index (χ1) is 14.6. The number of nitrogens with one attached hydrogen (secondary N) is 1. The van der Waals surface area contributed by atoms with Crippen molar-refractivity contribution in [3.05, 3.63) is 59.2 Å². The summed E-state index contributed by atoms with van der Waals surface area (Å²) in [5.41, 5.74) is 3.50. The fourth-order valence-corrected chi connectivity index (χ4v) is 3.69. The molecule has 0 radical (unpaired) electrons. The van der Waals surface area contributed by atoms with Crippen molar-refractivity contribution in [1.82, 2.24) is 15.1 Å². The van der Waals surface area contributed by atoms with Crippen molar-refractivity contribution in [3.63, 3.8) is 0 Å². The Morgan fingerprint density at radius 3 is 2.40 bits per heavy atom. The number of rotatable bonds is 9. The first-order valence-corrected chi connectivity index (χ1v) is 10.5. The lowest BCUT2D eigenvalue weighted by molar-refractivity contribution is -0.121.